The minimum atomic E-state index is -0.745. The highest BCUT2D eigenvalue weighted by atomic mass is 16.6. The van der Waals surface area contributed by atoms with Crippen LogP contribution in [-0.4, -0.2) is 39.4 Å². The van der Waals surface area contributed by atoms with Crippen LogP contribution >= 0.6 is 0 Å². The van der Waals surface area contributed by atoms with E-state index in [1.165, 1.54) is 0 Å². The fourth-order valence-corrected chi connectivity index (χ4v) is 2.95. The predicted molar refractivity (Wildman–Crippen MR) is 96.1 cm³/mol. The molecular formula is C20H15N3O5. The Labute approximate surface area is 159 Å². The lowest BCUT2D eigenvalue weighted by molar-refractivity contribution is -0.146. The minimum absolute atomic E-state index is 0.119. The monoisotopic (exact) mass is 377 g/mol. The van der Waals surface area contributed by atoms with Gasteiger partial charge in [-0.15, -0.1) is 0 Å². The molecule has 0 radical (unpaired) electrons. The molecule has 8 heteroatoms. The molecule has 0 unspecified atom stereocenters. The molecule has 1 aliphatic heterocycles. The zero-order valence-corrected chi connectivity index (χ0v) is 14.9. The predicted octanol–water partition coefficient (Wildman–Crippen LogP) is 2.38. The molecule has 0 saturated carbocycles. The maximum Gasteiger partial charge on any atom is 0.326 e. The van der Waals surface area contributed by atoms with Crippen molar-refractivity contribution in [3.05, 3.63) is 71.1 Å². The number of carbonyl (C=O) groups is 3. The Morgan fingerprint density at radius 3 is 2.25 bits per heavy atom. The highest BCUT2D eigenvalue weighted by molar-refractivity contribution is 6.22. The summed E-state index contributed by atoms with van der Waals surface area (Å²) in [5, 5.41) is 3.88. The average Bonchev–Trinajstić information content (AvgIpc) is 3.26. The molecule has 0 aliphatic carbocycles. The Morgan fingerprint density at radius 1 is 1.00 bits per heavy atom. The van der Waals surface area contributed by atoms with Gasteiger partial charge in [0.05, 0.1) is 11.1 Å². The van der Waals surface area contributed by atoms with Gasteiger partial charge in [0.15, 0.2) is 6.61 Å². The second kappa shape index (κ2) is 7.07. The standard InChI is InChI=1S/C20H15N3O5/c1-12-6-2-3-7-13(12)18-21-16(28-22-18)11-27-17(24)10-23-19(25)14-8-4-5-9-15(14)20(23)26/h2-9H,10-11H2,1H3. The van der Waals surface area contributed by atoms with Gasteiger partial charge in [0.2, 0.25) is 5.82 Å². The van der Waals surface area contributed by atoms with Gasteiger partial charge in [-0.1, -0.05) is 41.6 Å². The molecule has 8 nitrogen and oxygen atoms in total. The van der Waals surface area contributed by atoms with Crippen LogP contribution in [0.25, 0.3) is 11.4 Å². The number of imide groups is 1. The summed E-state index contributed by atoms with van der Waals surface area (Å²) in [5.74, 6) is -1.27. The SMILES string of the molecule is Cc1ccccc1-c1noc(COC(=O)CN2C(=O)c3ccccc3C2=O)n1. The Bertz CT molecular complexity index is 1050. The van der Waals surface area contributed by atoms with Crippen LogP contribution in [0.2, 0.25) is 0 Å². The van der Waals surface area contributed by atoms with Gasteiger partial charge in [0, 0.05) is 5.56 Å². The van der Waals surface area contributed by atoms with Crippen LogP contribution in [0.15, 0.2) is 53.1 Å². The number of fused-ring (bicyclic) bond motifs is 1. The smallest absolute Gasteiger partial charge is 0.326 e. The molecular weight excluding hydrogens is 362 g/mol. The topological polar surface area (TPSA) is 103 Å². The molecule has 0 saturated heterocycles. The van der Waals surface area contributed by atoms with E-state index >= 15 is 0 Å². The van der Waals surface area contributed by atoms with E-state index in [1.807, 2.05) is 31.2 Å². The summed E-state index contributed by atoms with van der Waals surface area (Å²) in [6.07, 6.45) is 0. The lowest BCUT2D eigenvalue weighted by Crippen LogP contribution is -2.35. The van der Waals surface area contributed by atoms with Crippen LogP contribution in [0.1, 0.15) is 32.2 Å². The summed E-state index contributed by atoms with van der Waals surface area (Å²) >= 11 is 0. The Kier molecular flexibility index (Phi) is 4.44. The molecule has 2 aromatic carbocycles. The number of rotatable bonds is 5. The van der Waals surface area contributed by atoms with E-state index in [9.17, 15) is 14.4 Å². The molecule has 28 heavy (non-hydrogen) atoms. The second-order valence-corrected chi connectivity index (χ2v) is 6.23. The van der Waals surface area contributed by atoms with Crippen LogP contribution in [0.5, 0.6) is 0 Å². The molecule has 0 bridgehead atoms. The maximum atomic E-state index is 12.3. The van der Waals surface area contributed by atoms with E-state index in [0.717, 1.165) is 16.0 Å². The fraction of sp³-hybridized carbons (Fsp3) is 0.150. The third kappa shape index (κ3) is 3.16. The van der Waals surface area contributed by atoms with Gasteiger partial charge in [-0.2, -0.15) is 4.98 Å². The molecule has 2 amide bonds. The van der Waals surface area contributed by atoms with Crippen molar-refractivity contribution >= 4 is 17.8 Å². The molecule has 140 valence electrons. The van der Waals surface area contributed by atoms with Crippen molar-refractivity contribution in [2.24, 2.45) is 0 Å². The van der Waals surface area contributed by atoms with Gasteiger partial charge < -0.3 is 9.26 Å². The quantitative estimate of drug-likeness (QED) is 0.497. The van der Waals surface area contributed by atoms with Crippen molar-refractivity contribution in [2.45, 2.75) is 13.5 Å². The largest absolute Gasteiger partial charge is 0.454 e. The van der Waals surface area contributed by atoms with E-state index in [4.69, 9.17) is 9.26 Å². The first-order chi connectivity index (χ1) is 13.5. The molecule has 2 heterocycles. The molecule has 4 rings (SSSR count). The third-order valence-corrected chi connectivity index (χ3v) is 4.38. The lowest BCUT2D eigenvalue weighted by Gasteiger charge is -2.12. The van der Waals surface area contributed by atoms with E-state index in [2.05, 4.69) is 10.1 Å². The average molecular weight is 377 g/mol. The number of aromatic nitrogens is 2. The summed E-state index contributed by atoms with van der Waals surface area (Å²) < 4.78 is 10.2. The van der Waals surface area contributed by atoms with E-state index < -0.39 is 24.3 Å². The van der Waals surface area contributed by atoms with Crippen molar-refractivity contribution in [1.82, 2.24) is 15.0 Å². The van der Waals surface area contributed by atoms with E-state index in [-0.39, 0.29) is 23.6 Å². The minimum Gasteiger partial charge on any atom is -0.454 e. The first-order valence-corrected chi connectivity index (χ1v) is 8.54. The van der Waals surface area contributed by atoms with Crippen LogP contribution in [0.4, 0.5) is 0 Å². The second-order valence-electron chi connectivity index (χ2n) is 6.23. The highest BCUT2D eigenvalue weighted by Gasteiger charge is 2.36. The first kappa shape index (κ1) is 17.6. The Hall–Kier alpha value is -3.81. The maximum absolute atomic E-state index is 12.3. The summed E-state index contributed by atoms with van der Waals surface area (Å²) in [5.41, 5.74) is 2.35. The van der Waals surface area contributed by atoms with Crippen LogP contribution < -0.4 is 0 Å². The van der Waals surface area contributed by atoms with E-state index in [0.29, 0.717) is 5.82 Å². The van der Waals surface area contributed by atoms with Crippen molar-refractivity contribution < 1.29 is 23.6 Å². The van der Waals surface area contributed by atoms with Crippen LogP contribution in [0.3, 0.4) is 0 Å². The van der Waals surface area contributed by atoms with Crippen molar-refractivity contribution in [3.8, 4) is 11.4 Å². The van der Waals surface area contributed by atoms with Gasteiger partial charge >= 0.3 is 5.97 Å². The molecule has 0 atom stereocenters. The van der Waals surface area contributed by atoms with Gasteiger partial charge in [-0.3, -0.25) is 19.3 Å². The summed E-state index contributed by atoms with van der Waals surface area (Å²) in [4.78, 5) is 41.7. The van der Waals surface area contributed by atoms with Gasteiger partial charge in [-0.25, -0.2) is 0 Å². The summed E-state index contributed by atoms with van der Waals surface area (Å²) in [6, 6.07) is 14.0. The lowest BCUT2D eigenvalue weighted by atomic mass is 10.1. The molecule has 0 spiro atoms. The number of ether oxygens (including phenoxy) is 1. The first-order valence-electron chi connectivity index (χ1n) is 8.54. The Morgan fingerprint density at radius 2 is 1.61 bits per heavy atom. The number of benzene rings is 2. The highest BCUT2D eigenvalue weighted by Crippen LogP contribution is 2.22. The summed E-state index contributed by atoms with van der Waals surface area (Å²) in [7, 11) is 0. The molecule has 1 aromatic heterocycles. The molecule has 0 fully saturated rings. The normalized spacial score (nSPS) is 13.0. The fourth-order valence-electron chi connectivity index (χ4n) is 2.95. The zero-order valence-electron chi connectivity index (χ0n) is 14.9. The van der Waals surface area contributed by atoms with Crippen molar-refractivity contribution in [1.29, 1.82) is 0 Å². The Balaban J connectivity index is 1.38. The number of nitrogens with zero attached hydrogens (tertiary/aromatic N) is 3. The van der Waals surface area contributed by atoms with Crippen LogP contribution in [-0.2, 0) is 16.1 Å². The number of hydrogen-bond donors (Lipinski definition) is 0. The number of carbonyl (C=O) groups excluding carboxylic acids is 3. The van der Waals surface area contributed by atoms with Gasteiger partial charge in [0.25, 0.3) is 17.7 Å². The summed E-state index contributed by atoms with van der Waals surface area (Å²) in [6.45, 7) is 1.19. The van der Waals surface area contributed by atoms with Crippen molar-refractivity contribution in [2.75, 3.05) is 6.54 Å². The molecule has 3 aromatic rings. The number of amides is 2. The van der Waals surface area contributed by atoms with Crippen LogP contribution in [0, 0.1) is 6.92 Å². The van der Waals surface area contributed by atoms with E-state index in [1.54, 1.807) is 24.3 Å². The van der Waals surface area contributed by atoms with Gasteiger partial charge in [0.1, 0.15) is 6.54 Å². The zero-order chi connectivity index (χ0) is 19.7. The van der Waals surface area contributed by atoms with Gasteiger partial charge in [-0.05, 0) is 24.6 Å². The third-order valence-electron chi connectivity index (χ3n) is 4.38. The number of esters is 1. The molecule has 1 aliphatic rings. The number of aryl methyl sites for hydroxylation is 1. The number of hydrogen-bond acceptors (Lipinski definition) is 7. The molecule has 0 N–H and O–H groups in total. The van der Waals surface area contributed by atoms with Crippen molar-refractivity contribution in [3.63, 3.8) is 0 Å².